The zero-order valence-electron chi connectivity index (χ0n) is 16.9. The molecule has 0 aliphatic heterocycles. The predicted octanol–water partition coefficient (Wildman–Crippen LogP) is 6.19. The number of nitrogens with zero attached hydrogens (tertiary/aromatic N) is 2. The number of hydrogen-bond acceptors (Lipinski definition) is 4. The second-order valence-electron chi connectivity index (χ2n) is 7.34. The van der Waals surface area contributed by atoms with Crippen LogP contribution >= 0.6 is 0 Å². The molecule has 0 unspecified atom stereocenters. The first kappa shape index (κ1) is 19.3. The van der Waals surface area contributed by atoms with E-state index in [0.717, 1.165) is 21.7 Å². The van der Waals surface area contributed by atoms with Crippen molar-refractivity contribution < 1.29 is 9.32 Å². The van der Waals surface area contributed by atoms with Crippen LogP contribution in [0, 0.1) is 11.3 Å². The zero-order chi connectivity index (χ0) is 21.9. The third kappa shape index (κ3) is 3.73. The van der Waals surface area contributed by atoms with Crippen LogP contribution in [0.4, 0.5) is 5.69 Å². The van der Waals surface area contributed by atoms with Crippen molar-refractivity contribution >= 4 is 39.3 Å². The number of carbonyl (C=O) groups excluding carboxylic acids is 1. The highest BCUT2D eigenvalue weighted by Gasteiger charge is 2.13. The maximum atomic E-state index is 12.8. The number of fused-ring (bicyclic) bond motifs is 2. The summed E-state index contributed by atoms with van der Waals surface area (Å²) in [6.07, 6.45) is 1.57. The third-order valence-corrected chi connectivity index (χ3v) is 5.22. The highest BCUT2D eigenvalue weighted by molar-refractivity contribution is 6.10. The Hall–Kier alpha value is -4.69. The van der Waals surface area contributed by atoms with Gasteiger partial charge in [0, 0.05) is 11.3 Å². The van der Waals surface area contributed by atoms with Crippen molar-refractivity contribution in [3.8, 4) is 17.4 Å². The molecule has 5 aromatic rings. The lowest BCUT2D eigenvalue weighted by molar-refractivity contribution is -0.112. The maximum Gasteiger partial charge on any atom is 0.266 e. The van der Waals surface area contributed by atoms with Gasteiger partial charge in [-0.15, -0.1) is 0 Å². The Balaban J connectivity index is 1.45. The van der Waals surface area contributed by atoms with Gasteiger partial charge in [0.25, 0.3) is 5.91 Å². The first-order valence-corrected chi connectivity index (χ1v) is 10.1. The Labute approximate surface area is 184 Å². The van der Waals surface area contributed by atoms with Gasteiger partial charge in [0.15, 0.2) is 5.76 Å². The van der Waals surface area contributed by atoms with Gasteiger partial charge in [-0.3, -0.25) is 4.79 Å². The van der Waals surface area contributed by atoms with Crippen molar-refractivity contribution in [2.75, 3.05) is 5.32 Å². The van der Waals surface area contributed by atoms with Crippen molar-refractivity contribution in [1.82, 2.24) is 5.16 Å². The van der Waals surface area contributed by atoms with E-state index in [0.29, 0.717) is 22.5 Å². The van der Waals surface area contributed by atoms with E-state index >= 15 is 0 Å². The fourth-order valence-electron chi connectivity index (χ4n) is 3.63. The molecule has 0 saturated carbocycles. The molecule has 32 heavy (non-hydrogen) atoms. The minimum atomic E-state index is -0.462. The molecule has 5 nitrogen and oxygen atoms in total. The van der Waals surface area contributed by atoms with Crippen LogP contribution < -0.4 is 5.32 Å². The predicted molar refractivity (Wildman–Crippen MR) is 126 cm³/mol. The van der Waals surface area contributed by atoms with Gasteiger partial charge in [-0.1, -0.05) is 71.9 Å². The molecule has 0 spiro atoms. The quantitative estimate of drug-likeness (QED) is 0.280. The van der Waals surface area contributed by atoms with Crippen molar-refractivity contribution in [2.45, 2.75) is 0 Å². The SMILES string of the molecule is N#CC(=Cc1ccc2noc(-c3ccccc3)c2c1)C(=O)Nc1ccc2ccccc2c1. The van der Waals surface area contributed by atoms with Crippen LogP contribution in [0.2, 0.25) is 0 Å². The molecule has 0 saturated heterocycles. The number of amides is 1. The van der Waals surface area contributed by atoms with Crippen LogP contribution in [0.1, 0.15) is 5.56 Å². The summed E-state index contributed by atoms with van der Waals surface area (Å²) >= 11 is 0. The number of benzene rings is 4. The molecular weight excluding hydrogens is 398 g/mol. The van der Waals surface area contributed by atoms with E-state index in [9.17, 15) is 10.1 Å². The zero-order valence-corrected chi connectivity index (χ0v) is 16.9. The minimum absolute atomic E-state index is 0.00947. The van der Waals surface area contributed by atoms with Crippen LogP contribution in [-0.4, -0.2) is 11.1 Å². The summed E-state index contributed by atoms with van der Waals surface area (Å²) in [5.74, 6) is 0.187. The van der Waals surface area contributed by atoms with E-state index in [2.05, 4.69) is 10.5 Å². The van der Waals surface area contributed by atoms with Gasteiger partial charge in [0.2, 0.25) is 0 Å². The van der Waals surface area contributed by atoms with E-state index in [4.69, 9.17) is 4.52 Å². The van der Waals surface area contributed by atoms with Crippen molar-refractivity contribution in [1.29, 1.82) is 5.26 Å². The second kappa shape index (κ2) is 8.21. The number of hydrogen-bond donors (Lipinski definition) is 1. The van der Waals surface area contributed by atoms with Crippen molar-refractivity contribution in [3.05, 3.63) is 102 Å². The summed E-state index contributed by atoms with van der Waals surface area (Å²) in [5, 5.41) is 19.4. The van der Waals surface area contributed by atoms with Crippen molar-refractivity contribution in [3.63, 3.8) is 0 Å². The number of carbonyl (C=O) groups is 1. The molecule has 0 aliphatic rings. The van der Waals surface area contributed by atoms with Gasteiger partial charge in [-0.25, -0.2) is 0 Å². The highest BCUT2D eigenvalue weighted by Crippen LogP contribution is 2.29. The first-order chi connectivity index (χ1) is 15.7. The Morgan fingerprint density at radius 2 is 1.69 bits per heavy atom. The van der Waals surface area contributed by atoms with Crippen LogP contribution in [0.15, 0.2) is 101 Å². The molecule has 0 aliphatic carbocycles. The fraction of sp³-hybridized carbons (Fsp3) is 0. The Morgan fingerprint density at radius 1 is 0.906 bits per heavy atom. The summed E-state index contributed by atoms with van der Waals surface area (Å²) in [4.78, 5) is 12.8. The molecule has 5 rings (SSSR count). The molecule has 0 radical (unpaired) electrons. The lowest BCUT2D eigenvalue weighted by Crippen LogP contribution is -2.13. The maximum absolute atomic E-state index is 12.8. The monoisotopic (exact) mass is 415 g/mol. The van der Waals surface area contributed by atoms with E-state index in [-0.39, 0.29) is 5.57 Å². The van der Waals surface area contributed by atoms with E-state index < -0.39 is 5.91 Å². The van der Waals surface area contributed by atoms with Gasteiger partial charge in [0.1, 0.15) is 17.2 Å². The number of nitrogens with one attached hydrogen (secondary N) is 1. The molecule has 0 atom stereocenters. The first-order valence-electron chi connectivity index (χ1n) is 10.1. The molecule has 4 aromatic carbocycles. The summed E-state index contributed by atoms with van der Waals surface area (Å²) in [5.41, 5.74) is 2.97. The molecule has 1 N–H and O–H groups in total. The smallest absolute Gasteiger partial charge is 0.266 e. The van der Waals surface area contributed by atoms with Crippen LogP contribution in [0.3, 0.4) is 0 Å². The number of anilines is 1. The molecule has 0 bridgehead atoms. The number of rotatable bonds is 4. The third-order valence-electron chi connectivity index (χ3n) is 5.22. The highest BCUT2D eigenvalue weighted by atomic mass is 16.5. The summed E-state index contributed by atoms with van der Waals surface area (Å²) < 4.78 is 5.53. The normalized spacial score (nSPS) is 11.4. The van der Waals surface area contributed by atoms with E-state index in [1.165, 1.54) is 0 Å². The fourth-order valence-corrected chi connectivity index (χ4v) is 3.63. The van der Waals surface area contributed by atoms with Gasteiger partial charge in [-0.2, -0.15) is 5.26 Å². The topological polar surface area (TPSA) is 78.9 Å². The molecular formula is C27H17N3O2. The van der Waals surface area contributed by atoms with Crippen LogP contribution in [-0.2, 0) is 4.79 Å². The largest absolute Gasteiger partial charge is 0.355 e. The second-order valence-corrected chi connectivity index (χ2v) is 7.34. The molecule has 1 amide bonds. The average Bonchev–Trinajstić information content (AvgIpc) is 3.26. The molecule has 0 fully saturated rings. The summed E-state index contributed by atoms with van der Waals surface area (Å²) in [6, 6.07) is 30.7. The van der Waals surface area contributed by atoms with E-state index in [1.54, 1.807) is 12.1 Å². The molecule has 1 aromatic heterocycles. The average molecular weight is 415 g/mol. The van der Waals surface area contributed by atoms with Crippen LogP contribution in [0.25, 0.3) is 39.1 Å². The van der Waals surface area contributed by atoms with Gasteiger partial charge < -0.3 is 9.84 Å². The van der Waals surface area contributed by atoms with Gasteiger partial charge >= 0.3 is 0 Å². The Morgan fingerprint density at radius 3 is 2.50 bits per heavy atom. The lowest BCUT2D eigenvalue weighted by Gasteiger charge is -2.06. The number of nitriles is 1. The molecule has 5 heteroatoms. The molecule has 1 heterocycles. The van der Waals surface area contributed by atoms with Gasteiger partial charge in [-0.05, 0) is 46.7 Å². The Bertz CT molecular complexity index is 1530. The standard InChI is InChI=1S/C27H17N3O2/c28-17-22(27(31)29-23-12-11-19-6-4-5-9-21(19)16-23)14-18-10-13-25-24(15-18)26(32-30-25)20-7-2-1-3-8-20/h1-16H,(H,29,31). The lowest BCUT2D eigenvalue weighted by atomic mass is 10.0. The van der Waals surface area contributed by atoms with E-state index in [1.807, 2.05) is 91.0 Å². The number of aromatic nitrogens is 1. The summed E-state index contributed by atoms with van der Waals surface area (Å²) in [7, 11) is 0. The molecule has 152 valence electrons. The minimum Gasteiger partial charge on any atom is -0.355 e. The van der Waals surface area contributed by atoms with Crippen LogP contribution in [0.5, 0.6) is 0 Å². The van der Waals surface area contributed by atoms with Crippen molar-refractivity contribution in [2.24, 2.45) is 0 Å². The van der Waals surface area contributed by atoms with Gasteiger partial charge in [0.05, 0.1) is 5.39 Å². The Kier molecular flexibility index (Phi) is 4.95. The summed E-state index contributed by atoms with van der Waals surface area (Å²) in [6.45, 7) is 0.